The Morgan fingerprint density at radius 2 is 2.04 bits per heavy atom. The Labute approximate surface area is 154 Å². The van der Waals surface area contributed by atoms with E-state index in [1.54, 1.807) is 6.20 Å². The van der Waals surface area contributed by atoms with Gasteiger partial charge < -0.3 is 15.5 Å². The first kappa shape index (κ1) is 17.1. The molecule has 1 aromatic carbocycles. The molecule has 0 bridgehead atoms. The predicted molar refractivity (Wildman–Crippen MR) is 104 cm³/mol. The summed E-state index contributed by atoms with van der Waals surface area (Å²) in [4.78, 5) is 18.8. The number of rotatable bonds is 4. The highest BCUT2D eigenvalue weighted by atomic mass is 79.9. The molecule has 1 saturated heterocycles. The fourth-order valence-corrected chi connectivity index (χ4v) is 3.73. The van der Waals surface area contributed by atoms with E-state index in [2.05, 4.69) is 42.5 Å². The van der Waals surface area contributed by atoms with Gasteiger partial charge in [0.15, 0.2) is 0 Å². The molecule has 2 N–H and O–H groups in total. The summed E-state index contributed by atoms with van der Waals surface area (Å²) in [5.41, 5.74) is 1.79. The summed E-state index contributed by atoms with van der Waals surface area (Å²) in [6, 6.07) is 11.3. The van der Waals surface area contributed by atoms with Gasteiger partial charge in [0, 0.05) is 41.8 Å². The minimum atomic E-state index is -0.227. The number of carbonyl (C=O) groups is 1. The molecule has 0 saturated carbocycles. The zero-order chi connectivity index (χ0) is 16.8. The lowest BCUT2D eigenvalue weighted by molar-refractivity contribution is 0.251. The summed E-state index contributed by atoms with van der Waals surface area (Å²) in [5.74, 6) is 3.26. The largest absolute Gasteiger partial charge is 0.355 e. The average Bonchev–Trinajstić information content (AvgIpc) is 2.63. The molecule has 0 aliphatic carbocycles. The number of pyridine rings is 1. The maximum Gasteiger partial charge on any atom is 0.319 e. The number of thioether (sulfide) groups is 1. The van der Waals surface area contributed by atoms with Crippen molar-refractivity contribution in [1.29, 1.82) is 0 Å². The van der Waals surface area contributed by atoms with E-state index in [4.69, 9.17) is 0 Å². The Hall–Kier alpha value is -1.73. The first-order valence-electron chi connectivity index (χ1n) is 7.79. The SMILES string of the molecule is O=C(NCc1ccnc(N2CCSCC2)c1)Nc1ccccc1Br. The van der Waals surface area contributed by atoms with Crippen LogP contribution in [-0.2, 0) is 6.54 Å². The molecule has 0 unspecified atom stereocenters. The van der Waals surface area contributed by atoms with E-state index in [1.807, 2.05) is 42.1 Å². The maximum absolute atomic E-state index is 12.1. The van der Waals surface area contributed by atoms with Crippen molar-refractivity contribution in [1.82, 2.24) is 10.3 Å². The third-order valence-electron chi connectivity index (χ3n) is 3.72. The second-order valence-electron chi connectivity index (χ2n) is 5.41. The van der Waals surface area contributed by atoms with Gasteiger partial charge in [-0.25, -0.2) is 9.78 Å². The highest BCUT2D eigenvalue weighted by molar-refractivity contribution is 9.10. The minimum Gasteiger partial charge on any atom is -0.355 e. The Bertz CT molecular complexity index is 706. The van der Waals surface area contributed by atoms with E-state index in [-0.39, 0.29) is 6.03 Å². The van der Waals surface area contributed by atoms with Crippen LogP contribution in [0.15, 0.2) is 47.1 Å². The molecular formula is C17H19BrN4OS. The van der Waals surface area contributed by atoms with Gasteiger partial charge in [0.25, 0.3) is 0 Å². The van der Waals surface area contributed by atoms with Crippen LogP contribution in [0.5, 0.6) is 0 Å². The molecule has 126 valence electrons. The van der Waals surface area contributed by atoms with E-state index in [1.165, 1.54) is 0 Å². The lowest BCUT2D eigenvalue weighted by Crippen LogP contribution is -2.33. The van der Waals surface area contributed by atoms with E-state index < -0.39 is 0 Å². The molecule has 0 atom stereocenters. The van der Waals surface area contributed by atoms with Crippen molar-refractivity contribution in [3.63, 3.8) is 0 Å². The first-order chi connectivity index (χ1) is 11.7. The van der Waals surface area contributed by atoms with Crippen LogP contribution in [0.1, 0.15) is 5.56 Å². The first-order valence-corrected chi connectivity index (χ1v) is 9.74. The Kier molecular flexibility index (Phi) is 5.98. The smallest absolute Gasteiger partial charge is 0.319 e. The second kappa shape index (κ2) is 8.39. The molecule has 3 rings (SSSR count). The van der Waals surface area contributed by atoms with Crippen LogP contribution in [-0.4, -0.2) is 35.6 Å². The third-order valence-corrected chi connectivity index (χ3v) is 5.35. The molecule has 2 heterocycles. The Morgan fingerprint density at radius 1 is 1.25 bits per heavy atom. The number of amides is 2. The maximum atomic E-state index is 12.1. The van der Waals surface area contributed by atoms with Gasteiger partial charge >= 0.3 is 6.03 Å². The number of nitrogens with one attached hydrogen (secondary N) is 2. The van der Waals surface area contributed by atoms with Crippen LogP contribution in [0.3, 0.4) is 0 Å². The normalized spacial score (nSPS) is 14.3. The summed E-state index contributed by atoms with van der Waals surface area (Å²) in [5, 5.41) is 5.72. The Balaban J connectivity index is 1.56. The molecule has 2 aromatic rings. The van der Waals surface area contributed by atoms with Crippen molar-refractivity contribution in [2.75, 3.05) is 34.8 Å². The molecule has 24 heavy (non-hydrogen) atoms. The van der Waals surface area contributed by atoms with Gasteiger partial charge in [-0.3, -0.25) is 0 Å². The zero-order valence-electron chi connectivity index (χ0n) is 13.2. The summed E-state index contributed by atoms with van der Waals surface area (Å²) in [6.45, 7) is 2.52. The van der Waals surface area contributed by atoms with Gasteiger partial charge in [0.2, 0.25) is 0 Å². The van der Waals surface area contributed by atoms with Crippen LogP contribution in [0.4, 0.5) is 16.3 Å². The van der Waals surface area contributed by atoms with E-state index in [0.29, 0.717) is 6.54 Å². The van der Waals surface area contributed by atoms with Gasteiger partial charge in [-0.05, 0) is 45.8 Å². The van der Waals surface area contributed by atoms with Crippen LogP contribution in [0.2, 0.25) is 0 Å². The lowest BCUT2D eigenvalue weighted by Gasteiger charge is -2.27. The van der Waals surface area contributed by atoms with Crippen molar-refractivity contribution < 1.29 is 4.79 Å². The van der Waals surface area contributed by atoms with Gasteiger partial charge in [0.1, 0.15) is 5.82 Å². The molecule has 1 aliphatic rings. The van der Waals surface area contributed by atoms with Gasteiger partial charge in [-0.15, -0.1) is 0 Å². The van der Waals surface area contributed by atoms with Crippen LogP contribution >= 0.6 is 27.7 Å². The van der Waals surface area contributed by atoms with Crippen LogP contribution in [0.25, 0.3) is 0 Å². The Morgan fingerprint density at radius 3 is 2.83 bits per heavy atom. The fraction of sp³-hybridized carbons (Fsp3) is 0.294. The molecule has 7 heteroatoms. The minimum absolute atomic E-state index is 0.227. The number of nitrogens with zero attached hydrogens (tertiary/aromatic N) is 2. The quantitative estimate of drug-likeness (QED) is 0.811. The monoisotopic (exact) mass is 406 g/mol. The van der Waals surface area contributed by atoms with E-state index >= 15 is 0 Å². The van der Waals surface area contributed by atoms with Crippen molar-refractivity contribution in [3.05, 3.63) is 52.6 Å². The molecule has 1 aliphatic heterocycles. The predicted octanol–water partition coefficient (Wildman–Crippen LogP) is 3.72. The number of benzene rings is 1. The molecular weight excluding hydrogens is 388 g/mol. The summed E-state index contributed by atoms with van der Waals surface area (Å²) in [7, 11) is 0. The van der Waals surface area contributed by atoms with Gasteiger partial charge in [0.05, 0.1) is 5.69 Å². The summed E-state index contributed by atoms with van der Waals surface area (Å²) >= 11 is 5.39. The highest BCUT2D eigenvalue weighted by Crippen LogP contribution is 2.21. The molecule has 1 fully saturated rings. The number of urea groups is 1. The number of para-hydroxylation sites is 1. The number of hydrogen-bond acceptors (Lipinski definition) is 4. The van der Waals surface area contributed by atoms with E-state index in [9.17, 15) is 4.79 Å². The van der Waals surface area contributed by atoms with Gasteiger partial charge in [-0.2, -0.15) is 11.8 Å². The summed E-state index contributed by atoms with van der Waals surface area (Å²) < 4.78 is 0.856. The topological polar surface area (TPSA) is 57.3 Å². The van der Waals surface area contributed by atoms with Crippen LogP contribution in [0, 0.1) is 0 Å². The molecule has 5 nitrogen and oxygen atoms in total. The number of carbonyl (C=O) groups excluding carboxylic acids is 1. The van der Waals surface area contributed by atoms with Gasteiger partial charge in [-0.1, -0.05) is 12.1 Å². The standard InChI is InChI=1S/C17H19BrN4OS/c18-14-3-1-2-4-15(14)21-17(23)20-12-13-5-6-19-16(11-13)22-7-9-24-10-8-22/h1-6,11H,7-10,12H2,(H2,20,21,23). The average molecular weight is 407 g/mol. The van der Waals surface area contributed by atoms with Crippen molar-refractivity contribution >= 4 is 45.2 Å². The number of hydrogen-bond donors (Lipinski definition) is 2. The lowest BCUT2D eigenvalue weighted by atomic mass is 10.2. The zero-order valence-corrected chi connectivity index (χ0v) is 15.6. The van der Waals surface area contributed by atoms with Crippen molar-refractivity contribution in [3.8, 4) is 0 Å². The highest BCUT2D eigenvalue weighted by Gasteiger charge is 2.12. The molecule has 1 aromatic heterocycles. The number of anilines is 2. The van der Waals surface area contributed by atoms with E-state index in [0.717, 1.165) is 46.1 Å². The fourth-order valence-electron chi connectivity index (χ4n) is 2.45. The summed E-state index contributed by atoms with van der Waals surface area (Å²) in [6.07, 6.45) is 1.81. The molecule has 0 spiro atoms. The van der Waals surface area contributed by atoms with Crippen molar-refractivity contribution in [2.45, 2.75) is 6.54 Å². The van der Waals surface area contributed by atoms with Crippen LogP contribution < -0.4 is 15.5 Å². The van der Waals surface area contributed by atoms with Crippen molar-refractivity contribution in [2.24, 2.45) is 0 Å². The molecule has 0 radical (unpaired) electrons. The molecule has 2 amide bonds. The number of aromatic nitrogens is 1. The third kappa shape index (κ3) is 4.64. The number of halogens is 1. The second-order valence-corrected chi connectivity index (χ2v) is 7.49.